The molecule has 18 heavy (non-hydrogen) atoms. The molecule has 100 valence electrons. The van der Waals surface area contributed by atoms with E-state index in [2.05, 4.69) is 9.72 Å². The van der Waals surface area contributed by atoms with Crippen LogP contribution in [0.5, 0.6) is 0 Å². The average Bonchev–Trinajstić information content (AvgIpc) is 2.31. The molecule has 0 N–H and O–H groups in total. The number of hydrogen-bond acceptors (Lipinski definition) is 4. The second-order valence-electron chi connectivity index (χ2n) is 2.88. The summed E-state index contributed by atoms with van der Waals surface area (Å²) < 4.78 is 4.65. The Balaban J connectivity index is 0.00000137. The first-order valence-corrected chi connectivity index (χ1v) is 6.31. The smallest absolute Gasteiger partial charge is 0.313 e. The first-order valence-electron chi connectivity index (χ1n) is 5.55. The topological polar surface area (TPSA) is 56.3 Å². The van der Waals surface area contributed by atoms with Gasteiger partial charge in [-0.25, -0.2) is 4.98 Å². The lowest BCUT2D eigenvalue weighted by Crippen LogP contribution is -2.12. The molecule has 0 saturated heterocycles. The Morgan fingerprint density at radius 3 is 2.39 bits per heavy atom. The molecule has 4 nitrogen and oxygen atoms in total. The third-order valence-corrected chi connectivity index (χ3v) is 2.22. The van der Waals surface area contributed by atoms with Crippen LogP contribution < -0.4 is 0 Å². The number of pyridine rings is 1. The molecule has 1 rings (SSSR count). The third kappa shape index (κ3) is 5.47. The molecule has 1 heterocycles. The standard InChI is InChI=1S/C10H9Cl2NO3.C2H6/c1-2-16-9(15)5-7(14)6-3-4-8(11)13-10(6)12;1-2/h3-4H,2,5H2,1H3;1-2H3. The lowest BCUT2D eigenvalue weighted by atomic mass is 10.1. The van der Waals surface area contributed by atoms with Gasteiger partial charge in [0, 0.05) is 0 Å². The number of hydrogen-bond donors (Lipinski definition) is 0. The highest BCUT2D eigenvalue weighted by atomic mass is 35.5. The van der Waals surface area contributed by atoms with E-state index in [1.54, 1.807) is 6.92 Å². The average molecular weight is 292 g/mol. The lowest BCUT2D eigenvalue weighted by molar-refractivity contribution is -0.141. The van der Waals surface area contributed by atoms with E-state index in [0.717, 1.165) is 0 Å². The highest BCUT2D eigenvalue weighted by Gasteiger charge is 2.16. The Morgan fingerprint density at radius 1 is 1.28 bits per heavy atom. The number of rotatable bonds is 4. The number of aromatic nitrogens is 1. The van der Waals surface area contributed by atoms with Crippen LogP contribution in [0.4, 0.5) is 0 Å². The number of esters is 1. The summed E-state index contributed by atoms with van der Waals surface area (Å²) in [6, 6.07) is 2.87. The highest BCUT2D eigenvalue weighted by molar-refractivity contribution is 6.35. The van der Waals surface area contributed by atoms with E-state index in [-0.39, 0.29) is 28.9 Å². The van der Waals surface area contributed by atoms with Crippen LogP contribution in [0.3, 0.4) is 0 Å². The number of halogens is 2. The van der Waals surface area contributed by atoms with Gasteiger partial charge in [0.15, 0.2) is 5.78 Å². The van der Waals surface area contributed by atoms with Gasteiger partial charge < -0.3 is 4.74 Å². The molecule has 0 aliphatic carbocycles. The van der Waals surface area contributed by atoms with Crippen LogP contribution in [0.15, 0.2) is 12.1 Å². The van der Waals surface area contributed by atoms with Crippen molar-refractivity contribution < 1.29 is 14.3 Å². The number of ketones is 1. The van der Waals surface area contributed by atoms with Gasteiger partial charge in [-0.1, -0.05) is 37.0 Å². The van der Waals surface area contributed by atoms with Crippen molar-refractivity contribution in [2.75, 3.05) is 6.61 Å². The summed E-state index contributed by atoms with van der Waals surface area (Å²) >= 11 is 11.3. The van der Waals surface area contributed by atoms with Crippen molar-refractivity contribution >= 4 is 35.0 Å². The van der Waals surface area contributed by atoms with Gasteiger partial charge in [0.1, 0.15) is 16.7 Å². The SMILES string of the molecule is CC.CCOC(=O)CC(=O)c1ccc(Cl)nc1Cl. The number of carbonyl (C=O) groups excluding carboxylic acids is 2. The van der Waals surface area contributed by atoms with E-state index in [1.807, 2.05) is 13.8 Å². The zero-order valence-electron chi connectivity index (χ0n) is 10.5. The molecule has 6 heteroatoms. The molecule has 0 bridgehead atoms. The fourth-order valence-electron chi connectivity index (χ4n) is 1.06. The maximum absolute atomic E-state index is 11.6. The van der Waals surface area contributed by atoms with Crippen LogP contribution in [0, 0.1) is 0 Å². The second kappa shape index (κ2) is 8.89. The minimum absolute atomic E-state index is 0.0122. The fraction of sp³-hybridized carbons (Fsp3) is 0.417. The molecule has 0 unspecified atom stereocenters. The molecule has 0 atom stereocenters. The number of nitrogens with zero attached hydrogens (tertiary/aromatic N) is 1. The van der Waals surface area contributed by atoms with Gasteiger partial charge in [0.05, 0.1) is 12.2 Å². The van der Waals surface area contributed by atoms with E-state index < -0.39 is 11.8 Å². The van der Waals surface area contributed by atoms with Crippen molar-refractivity contribution in [3.05, 3.63) is 28.0 Å². The molecular formula is C12H15Cl2NO3. The Bertz CT molecular complexity index is 422. The Hall–Kier alpha value is -1.13. The van der Waals surface area contributed by atoms with Gasteiger partial charge in [0.2, 0.25) is 0 Å². The molecule has 1 aromatic heterocycles. The first-order chi connectivity index (χ1) is 8.54. The van der Waals surface area contributed by atoms with E-state index in [1.165, 1.54) is 12.1 Å². The number of ether oxygens (including phenoxy) is 1. The van der Waals surface area contributed by atoms with Crippen molar-refractivity contribution in [3.63, 3.8) is 0 Å². The van der Waals surface area contributed by atoms with Gasteiger partial charge in [-0.15, -0.1) is 0 Å². The summed E-state index contributed by atoms with van der Waals surface area (Å²) in [5.74, 6) is -1.02. The van der Waals surface area contributed by atoms with Crippen molar-refractivity contribution in [2.45, 2.75) is 27.2 Å². The van der Waals surface area contributed by atoms with Gasteiger partial charge in [0.25, 0.3) is 0 Å². The van der Waals surface area contributed by atoms with Crippen molar-refractivity contribution in [1.29, 1.82) is 0 Å². The van der Waals surface area contributed by atoms with E-state index in [9.17, 15) is 9.59 Å². The Labute approximate surface area is 116 Å². The normalized spacial score (nSPS) is 9.17. The maximum atomic E-state index is 11.6. The highest BCUT2D eigenvalue weighted by Crippen LogP contribution is 2.18. The van der Waals surface area contributed by atoms with Crippen molar-refractivity contribution in [1.82, 2.24) is 4.98 Å². The summed E-state index contributed by atoms with van der Waals surface area (Å²) in [7, 11) is 0. The minimum Gasteiger partial charge on any atom is -0.466 e. The molecule has 0 radical (unpaired) electrons. The molecule has 0 aromatic carbocycles. The summed E-state index contributed by atoms with van der Waals surface area (Å²) in [6.45, 7) is 5.90. The van der Waals surface area contributed by atoms with Gasteiger partial charge in [-0.05, 0) is 19.1 Å². The van der Waals surface area contributed by atoms with Crippen molar-refractivity contribution in [2.24, 2.45) is 0 Å². The van der Waals surface area contributed by atoms with E-state index in [4.69, 9.17) is 23.2 Å². The summed E-state index contributed by atoms with van der Waals surface area (Å²) in [5.41, 5.74) is 0.166. The van der Waals surface area contributed by atoms with Crippen LogP contribution in [0.25, 0.3) is 0 Å². The largest absolute Gasteiger partial charge is 0.466 e. The Kier molecular flexibility index (Phi) is 8.33. The molecule has 0 aliphatic rings. The van der Waals surface area contributed by atoms with Gasteiger partial charge in [-0.2, -0.15) is 0 Å². The monoisotopic (exact) mass is 291 g/mol. The van der Waals surface area contributed by atoms with Crippen LogP contribution in [-0.2, 0) is 9.53 Å². The van der Waals surface area contributed by atoms with Crippen LogP contribution >= 0.6 is 23.2 Å². The zero-order chi connectivity index (χ0) is 14.1. The summed E-state index contributed by atoms with van der Waals surface area (Å²) in [4.78, 5) is 26.4. The number of Topliss-reactive ketones (excluding diaryl/α,β-unsaturated/α-hetero) is 1. The molecule has 0 aliphatic heterocycles. The predicted molar refractivity (Wildman–Crippen MR) is 71.2 cm³/mol. The van der Waals surface area contributed by atoms with E-state index >= 15 is 0 Å². The second-order valence-corrected chi connectivity index (χ2v) is 3.62. The quantitative estimate of drug-likeness (QED) is 0.368. The molecule has 0 amide bonds. The van der Waals surface area contributed by atoms with E-state index in [0.29, 0.717) is 0 Å². The maximum Gasteiger partial charge on any atom is 0.313 e. The Morgan fingerprint density at radius 2 is 1.89 bits per heavy atom. The van der Waals surface area contributed by atoms with Gasteiger partial charge >= 0.3 is 5.97 Å². The third-order valence-electron chi connectivity index (χ3n) is 1.73. The molecule has 0 saturated carbocycles. The first kappa shape index (κ1) is 16.9. The molecular weight excluding hydrogens is 277 g/mol. The van der Waals surface area contributed by atoms with Crippen LogP contribution in [-0.4, -0.2) is 23.3 Å². The molecule has 0 spiro atoms. The summed E-state index contributed by atoms with van der Waals surface area (Å²) in [5, 5.41) is 0.180. The number of carbonyl (C=O) groups is 2. The van der Waals surface area contributed by atoms with Gasteiger partial charge in [-0.3, -0.25) is 9.59 Å². The predicted octanol–water partition coefficient (Wildman–Crippen LogP) is 3.55. The fourth-order valence-corrected chi connectivity index (χ4v) is 1.51. The minimum atomic E-state index is -0.585. The van der Waals surface area contributed by atoms with Crippen LogP contribution in [0.1, 0.15) is 37.6 Å². The van der Waals surface area contributed by atoms with Crippen molar-refractivity contribution in [3.8, 4) is 0 Å². The van der Waals surface area contributed by atoms with Crippen LogP contribution in [0.2, 0.25) is 10.3 Å². The summed E-state index contributed by atoms with van der Waals surface area (Å²) in [6.07, 6.45) is -0.350. The lowest BCUT2D eigenvalue weighted by Gasteiger charge is -2.03. The molecule has 1 aromatic rings. The zero-order valence-corrected chi connectivity index (χ0v) is 12.0. The molecule has 0 fully saturated rings.